The maximum atomic E-state index is 14.0. The van der Waals surface area contributed by atoms with E-state index >= 15 is 0 Å². The van der Waals surface area contributed by atoms with E-state index in [2.05, 4.69) is 0 Å². The summed E-state index contributed by atoms with van der Waals surface area (Å²) in [5.74, 6) is -0.483. The summed E-state index contributed by atoms with van der Waals surface area (Å²) < 4.78 is 25.3. The molecule has 0 spiro atoms. The van der Waals surface area contributed by atoms with E-state index in [0.29, 0.717) is 34.9 Å². The molecule has 0 saturated heterocycles. The van der Waals surface area contributed by atoms with Crippen LogP contribution in [0.1, 0.15) is 32.6 Å². The molecular weight excluding hydrogens is 413 g/mol. The van der Waals surface area contributed by atoms with Gasteiger partial charge >= 0.3 is 5.97 Å². The van der Waals surface area contributed by atoms with Gasteiger partial charge in [-0.25, -0.2) is 9.18 Å². The molecule has 7 heteroatoms. The number of anilines is 1. The van der Waals surface area contributed by atoms with E-state index in [4.69, 9.17) is 14.6 Å². The number of hydrogen-bond donors (Lipinski definition) is 1. The van der Waals surface area contributed by atoms with Crippen LogP contribution in [0.25, 0.3) is 0 Å². The third-order valence-corrected chi connectivity index (χ3v) is 5.38. The molecule has 0 bridgehead atoms. The van der Waals surface area contributed by atoms with E-state index in [0.717, 1.165) is 16.7 Å². The minimum atomic E-state index is -1.04. The van der Waals surface area contributed by atoms with Gasteiger partial charge in [0, 0.05) is 16.8 Å². The Labute approximate surface area is 184 Å². The zero-order chi connectivity index (χ0) is 22.8. The number of aryl methyl sites for hydroxylation is 2. The molecule has 1 amide bonds. The Hall–Kier alpha value is -3.87. The van der Waals surface area contributed by atoms with Crippen LogP contribution in [0, 0.1) is 19.7 Å². The summed E-state index contributed by atoms with van der Waals surface area (Å²) in [5, 5.41) is 8.75. The maximum absolute atomic E-state index is 14.0. The average Bonchev–Trinajstić information content (AvgIpc) is 3.10. The first-order valence-electron chi connectivity index (χ1n) is 10.1. The highest BCUT2D eigenvalue weighted by Gasteiger charge is 2.31. The first-order chi connectivity index (χ1) is 15.3. The van der Waals surface area contributed by atoms with Crippen molar-refractivity contribution in [3.8, 4) is 11.5 Å². The number of carboxylic acids is 1. The van der Waals surface area contributed by atoms with Gasteiger partial charge in [0.25, 0.3) is 5.91 Å². The lowest BCUT2D eigenvalue weighted by Gasteiger charge is -2.16. The smallest absolute Gasteiger partial charge is 0.341 e. The Morgan fingerprint density at radius 2 is 1.84 bits per heavy atom. The van der Waals surface area contributed by atoms with Crippen LogP contribution in [-0.4, -0.2) is 23.6 Å². The largest absolute Gasteiger partial charge is 0.489 e. The number of aliphatic carboxylic acids is 1. The van der Waals surface area contributed by atoms with Crippen molar-refractivity contribution in [3.05, 3.63) is 88.2 Å². The van der Waals surface area contributed by atoms with Crippen LogP contribution in [0.5, 0.6) is 11.5 Å². The number of benzene rings is 3. The van der Waals surface area contributed by atoms with Crippen LogP contribution in [0.3, 0.4) is 0 Å². The van der Waals surface area contributed by atoms with E-state index in [1.165, 1.54) is 6.07 Å². The molecule has 0 aromatic heterocycles. The molecule has 1 aliphatic rings. The molecule has 0 atom stereocenters. The SMILES string of the molecule is Cc1ccc(N2Cc3c(OCc4ccc(OCC(=O)O)c(C)c4)cccc3C2=O)cc1F. The second kappa shape index (κ2) is 8.70. The third-order valence-electron chi connectivity index (χ3n) is 5.38. The lowest BCUT2D eigenvalue weighted by atomic mass is 10.1. The summed E-state index contributed by atoms with van der Waals surface area (Å²) in [4.78, 5) is 25.1. The van der Waals surface area contributed by atoms with Gasteiger partial charge in [-0.1, -0.05) is 18.2 Å². The van der Waals surface area contributed by atoms with Gasteiger partial charge in [-0.15, -0.1) is 0 Å². The topological polar surface area (TPSA) is 76.1 Å². The highest BCUT2D eigenvalue weighted by atomic mass is 19.1. The fourth-order valence-corrected chi connectivity index (χ4v) is 3.66. The number of ether oxygens (including phenoxy) is 2. The second-order valence-corrected chi connectivity index (χ2v) is 7.68. The van der Waals surface area contributed by atoms with Crippen LogP contribution >= 0.6 is 0 Å². The van der Waals surface area contributed by atoms with Crippen molar-refractivity contribution in [1.29, 1.82) is 0 Å². The van der Waals surface area contributed by atoms with Crippen molar-refractivity contribution in [2.75, 3.05) is 11.5 Å². The van der Waals surface area contributed by atoms with Crippen molar-refractivity contribution >= 4 is 17.6 Å². The fourth-order valence-electron chi connectivity index (χ4n) is 3.66. The lowest BCUT2D eigenvalue weighted by molar-refractivity contribution is -0.139. The number of amides is 1. The molecule has 32 heavy (non-hydrogen) atoms. The second-order valence-electron chi connectivity index (χ2n) is 7.68. The molecule has 4 rings (SSSR count). The molecule has 0 aliphatic carbocycles. The van der Waals surface area contributed by atoms with E-state index in [1.54, 1.807) is 48.2 Å². The Morgan fingerprint density at radius 1 is 1.03 bits per heavy atom. The number of rotatable bonds is 7. The van der Waals surface area contributed by atoms with E-state index in [9.17, 15) is 14.0 Å². The Balaban J connectivity index is 1.50. The highest BCUT2D eigenvalue weighted by Crippen LogP contribution is 2.35. The molecule has 3 aromatic carbocycles. The molecule has 0 fully saturated rings. The molecule has 0 unspecified atom stereocenters. The Kier molecular flexibility index (Phi) is 5.81. The summed E-state index contributed by atoms with van der Waals surface area (Å²) in [7, 11) is 0. The van der Waals surface area contributed by atoms with Crippen LogP contribution in [0.2, 0.25) is 0 Å². The average molecular weight is 435 g/mol. The fraction of sp³-hybridized carbons (Fsp3) is 0.200. The predicted octanol–water partition coefficient (Wildman–Crippen LogP) is 4.65. The number of halogens is 1. The molecule has 1 aliphatic heterocycles. The number of carbonyl (C=O) groups excluding carboxylic acids is 1. The molecule has 0 saturated carbocycles. The molecule has 164 valence electrons. The summed E-state index contributed by atoms with van der Waals surface area (Å²) in [5.41, 5.74) is 4.01. The van der Waals surface area contributed by atoms with Crippen molar-refractivity contribution in [2.45, 2.75) is 27.0 Å². The maximum Gasteiger partial charge on any atom is 0.341 e. The van der Waals surface area contributed by atoms with Crippen LogP contribution in [0.15, 0.2) is 54.6 Å². The van der Waals surface area contributed by atoms with Crippen LogP contribution in [-0.2, 0) is 17.9 Å². The molecule has 1 heterocycles. The van der Waals surface area contributed by atoms with Crippen molar-refractivity contribution in [2.24, 2.45) is 0 Å². The van der Waals surface area contributed by atoms with Gasteiger partial charge in [-0.05, 0) is 66.9 Å². The van der Waals surface area contributed by atoms with Gasteiger partial charge in [0.1, 0.15) is 23.9 Å². The molecule has 6 nitrogen and oxygen atoms in total. The summed E-state index contributed by atoms with van der Waals surface area (Å²) >= 11 is 0. The zero-order valence-corrected chi connectivity index (χ0v) is 17.7. The number of carboxylic acid groups (broad SMARTS) is 1. The Bertz CT molecular complexity index is 1210. The van der Waals surface area contributed by atoms with E-state index in [-0.39, 0.29) is 18.3 Å². The number of nitrogens with zero attached hydrogens (tertiary/aromatic N) is 1. The van der Waals surface area contributed by atoms with Crippen LogP contribution < -0.4 is 14.4 Å². The molecular formula is C25H22FNO5. The van der Waals surface area contributed by atoms with Gasteiger partial charge in [0.05, 0.1) is 6.54 Å². The van der Waals surface area contributed by atoms with E-state index in [1.807, 2.05) is 19.1 Å². The van der Waals surface area contributed by atoms with Gasteiger partial charge in [0.2, 0.25) is 0 Å². The molecule has 0 radical (unpaired) electrons. The number of fused-ring (bicyclic) bond motifs is 1. The predicted molar refractivity (Wildman–Crippen MR) is 117 cm³/mol. The molecule has 3 aromatic rings. The minimum absolute atomic E-state index is 0.190. The first kappa shape index (κ1) is 21.4. The van der Waals surface area contributed by atoms with Gasteiger partial charge < -0.3 is 19.5 Å². The Morgan fingerprint density at radius 3 is 2.56 bits per heavy atom. The summed E-state index contributed by atoms with van der Waals surface area (Å²) in [6, 6.07) is 15.5. The van der Waals surface area contributed by atoms with Gasteiger partial charge in [-0.2, -0.15) is 0 Å². The summed E-state index contributed by atoms with van der Waals surface area (Å²) in [6.45, 7) is 3.68. The quantitative estimate of drug-likeness (QED) is 0.585. The van der Waals surface area contributed by atoms with Gasteiger partial charge in [0.15, 0.2) is 6.61 Å². The highest BCUT2D eigenvalue weighted by molar-refractivity contribution is 6.10. The standard InChI is InChI=1S/C25H22FNO5/c1-15-6-8-18(11-21(15)26)27-12-20-19(25(27)30)4-3-5-23(20)31-13-17-7-9-22(16(2)10-17)32-14-24(28)29/h3-11H,12-14H2,1-2H3,(H,28,29). The minimum Gasteiger partial charge on any atom is -0.489 e. The summed E-state index contributed by atoms with van der Waals surface area (Å²) in [6.07, 6.45) is 0. The van der Waals surface area contributed by atoms with E-state index < -0.39 is 12.6 Å². The van der Waals surface area contributed by atoms with Crippen molar-refractivity contribution < 1.29 is 28.6 Å². The number of hydrogen-bond acceptors (Lipinski definition) is 4. The van der Waals surface area contributed by atoms with Crippen molar-refractivity contribution in [1.82, 2.24) is 0 Å². The first-order valence-corrected chi connectivity index (χ1v) is 10.1. The number of carbonyl (C=O) groups is 2. The molecule has 1 N–H and O–H groups in total. The van der Waals surface area contributed by atoms with Gasteiger partial charge in [-0.3, -0.25) is 4.79 Å². The zero-order valence-electron chi connectivity index (χ0n) is 17.7. The van der Waals surface area contributed by atoms with Crippen molar-refractivity contribution in [3.63, 3.8) is 0 Å². The third kappa shape index (κ3) is 4.27. The normalized spacial score (nSPS) is 12.6. The lowest BCUT2D eigenvalue weighted by Crippen LogP contribution is -2.23. The monoisotopic (exact) mass is 435 g/mol. The van der Waals surface area contributed by atoms with Crippen LogP contribution in [0.4, 0.5) is 10.1 Å².